The maximum Gasteiger partial charge on any atom is 0.193 e. The van der Waals surface area contributed by atoms with Crippen molar-refractivity contribution in [2.24, 2.45) is 5.11 Å². The van der Waals surface area contributed by atoms with Crippen molar-refractivity contribution in [1.29, 1.82) is 0 Å². The molecule has 2 aromatic carbocycles. The number of halogens is 2. The van der Waals surface area contributed by atoms with Crippen molar-refractivity contribution in [2.75, 3.05) is 7.11 Å². The summed E-state index contributed by atoms with van der Waals surface area (Å²) in [4.78, 5) is 16.0. The summed E-state index contributed by atoms with van der Waals surface area (Å²) < 4.78 is 12.5. The Bertz CT molecular complexity index is 1320. The molecule has 1 aliphatic heterocycles. The van der Waals surface area contributed by atoms with E-state index in [-0.39, 0.29) is 12.3 Å². The van der Waals surface area contributed by atoms with Gasteiger partial charge in [0.1, 0.15) is 17.2 Å². The predicted molar refractivity (Wildman–Crippen MR) is 128 cm³/mol. The van der Waals surface area contributed by atoms with Crippen molar-refractivity contribution < 1.29 is 14.1 Å². The van der Waals surface area contributed by atoms with Gasteiger partial charge in [-0.05, 0) is 68.1 Å². The van der Waals surface area contributed by atoms with Crippen molar-refractivity contribution in [3.63, 3.8) is 0 Å². The molecular weight excluding hydrogens is 540 g/mol. The SMILES string of the molecule is COc1c(Br)cc(-c2noc(C)c3c(C(=O)c4ccc(CN=[N+]=[N-])cc4)ccc2-3)cc1Br. The summed E-state index contributed by atoms with van der Waals surface area (Å²) in [5, 5.41) is 7.83. The van der Waals surface area contributed by atoms with E-state index in [2.05, 4.69) is 47.0 Å². The zero-order valence-electron chi connectivity index (χ0n) is 17.1. The van der Waals surface area contributed by atoms with E-state index in [1.54, 1.807) is 44.4 Å². The van der Waals surface area contributed by atoms with E-state index < -0.39 is 0 Å². The van der Waals surface area contributed by atoms with Crippen molar-refractivity contribution in [3.05, 3.63) is 90.4 Å². The molecule has 1 aliphatic carbocycles. The minimum atomic E-state index is -0.122. The number of carbonyl (C=O) groups excluding carboxylic acids is 1. The van der Waals surface area contributed by atoms with Gasteiger partial charge in [0.15, 0.2) is 5.78 Å². The summed E-state index contributed by atoms with van der Waals surface area (Å²) >= 11 is 7.04. The highest BCUT2D eigenvalue weighted by Gasteiger charge is 2.25. The van der Waals surface area contributed by atoms with E-state index in [0.717, 1.165) is 31.2 Å². The summed E-state index contributed by atoms with van der Waals surface area (Å²) in [5.74, 6) is 1.11. The van der Waals surface area contributed by atoms with Gasteiger partial charge in [-0.25, -0.2) is 0 Å². The molecule has 9 heteroatoms. The Kier molecular flexibility index (Phi) is 6.32. The molecule has 1 heterocycles. The molecule has 0 saturated heterocycles. The number of rotatable bonds is 6. The highest BCUT2D eigenvalue weighted by Crippen LogP contribution is 2.42. The fraction of sp³-hybridized carbons (Fsp3) is 0.130. The van der Waals surface area contributed by atoms with Crippen LogP contribution in [0, 0.1) is 6.92 Å². The second-order valence-electron chi connectivity index (χ2n) is 7.01. The Hall–Kier alpha value is -3.13. The van der Waals surface area contributed by atoms with E-state index in [1.807, 2.05) is 18.2 Å². The Morgan fingerprint density at radius 1 is 1.16 bits per heavy atom. The summed E-state index contributed by atoms with van der Waals surface area (Å²) in [6, 6.07) is 14.5. The Morgan fingerprint density at radius 3 is 2.47 bits per heavy atom. The lowest BCUT2D eigenvalue weighted by atomic mass is 9.96. The molecule has 0 unspecified atom stereocenters. The standard InChI is InChI=1S/C23H16Br2N4O3/c1-12-20-16(21(28-32-12)15-9-18(24)23(31-2)19(25)10-15)7-8-17(20)22(30)14-5-3-13(4-6-14)11-27-29-26/h3-10H,11H2,1-2H3. The van der Waals surface area contributed by atoms with Crippen LogP contribution in [0.3, 0.4) is 0 Å². The number of nitrogens with zero attached hydrogens (tertiary/aromatic N) is 4. The lowest BCUT2D eigenvalue weighted by Crippen LogP contribution is -2.03. The van der Waals surface area contributed by atoms with E-state index in [1.165, 1.54) is 0 Å². The number of fused-ring (bicyclic) bond motifs is 1. The lowest BCUT2D eigenvalue weighted by Gasteiger charge is -2.13. The molecule has 0 spiro atoms. The minimum absolute atomic E-state index is 0.122. The van der Waals surface area contributed by atoms with E-state index >= 15 is 0 Å². The molecule has 0 atom stereocenters. The molecule has 0 bridgehead atoms. The third kappa shape index (κ3) is 4.02. The Balaban J connectivity index is 1.74. The fourth-order valence-corrected chi connectivity index (χ4v) is 5.09. The van der Waals surface area contributed by atoms with Gasteiger partial charge < -0.3 is 9.26 Å². The number of carbonyl (C=O) groups is 1. The number of hydrogen-bond donors (Lipinski definition) is 0. The van der Waals surface area contributed by atoms with E-state index in [0.29, 0.717) is 28.3 Å². The van der Waals surface area contributed by atoms with Crippen LogP contribution in [-0.4, -0.2) is 18.0 Å². The molecule has 4 rings (SSSR count). The quantitative estimate of drug-likeness (QED) is 0.107. The molecule has 0 fully saturated rings. The van der Waals surface area contributed by atoms with E-state index in [9.17, 15) is 4.79 Å². The van der Waals surface area contributed by atoms with Gasteiger partial charge >= 0.3 is 0 Å². The maximum atomic E-state index is 13.3. The van der Waals surface area contributed by atoms with Gasteiger partial charge in [-0.2, -0.15) is 0 Å². The molecule has 2 aromatic rings. The summed E-state index contributed by atoms with van der Waals surface area (Å²) in [7, 11) is 1.60. The summed E-state index contributed by atoms with van der Waals surface area (Å²) in [5.41, 5.74) is 13.4. The first-order valence-corrected chi connectivity index (χ1v) is 11.1. The van der Waals surface area contributed by atoms with Crippen LogP contribution in [0.5, 0.6) is 5.75 Å². The van der Waals surface area contributed by atoms with Crippen molar-refractivity contribution in [2.45, 2.75) is 13.5 Å². The normalized spacial score (nSPS) is 10.8. The fourth-order valence-electron chi connectivity index (χ4n) is 3.58. The first-order valence-electron chi connectivity index (χ1n) is 9.51. The Labute approximate surface area is 200 Å². The Morgan fingerprint density at radius 2 is 1.84 bits per heavy atom. The van der Waals surface area contributed by atoms with Crippen LogP contribution >= 0.6 is 31.9 Å². The summed E-state index contributed by atoms with van der Waals surface area (Å²) in [6.45, 7) is 2.03. The first-order chi connectivity index (χ1) is 15.4. The third-order valence-corrected chi connectivity index (χ3v) is 6.27. The van der Waals surface area contributed by atoms with Crippen LogP contribution < -0.4 is 4.74 Å². The second kappa shape index (κ2) is 9.16. The number of methoxy groups -OCH3 is 1. The van der Waals surface area contributed by atoms with Crippen LogP contribution in [0.2, 0.25) is 0 Å². The monoisotopic (exact) mass is 554 g/mol. The lowest BCUT2D eigenvalue weighted by molar-refractivity contribution is 0.103. The maximum absolute atomic E-state index is 13.3. The molecule has 0 aromatic heterocycles. The molecule has 0 saturated carbocycles. The van der Waals surface area contributed by atoms with E-state index in [4.69, 9.17) is 14.8 Å². The number of ketones is 1. The zero-order valence-corrected chi connectivity index (χ0v) is 20.3. The zero-order chi connectivity index (χ0) is 22.8. The molecule has 0 amide bonds. The van der Waals surface area contributed by atoms with Crippen LogP contribution in [0.15, 0.2) is 67.1 Å². The minimum Gasteiger partial charge on any atom is -0.494 e. The van der Waals surface area contributed by atoms with Crippen molar-refractivity contribution >= 4 is 37.6 Å². The van der Waals surface area contributed by atoms with Crippen LogP contribution in [0.25, 0.3) is 32.8 Å². The van der Waals surface area contributed by atoms with Crippen molar-refractivity contribution in [1.82, 2.24) is 5.16 Å². The van der Waals surface area contributed by atoms with Gasteiger partial charge in [-0.15, -0.1) is 0 Å². The molecule has 7 nitrogen and oxygen atoms in total. The third-order valence-electron chi connectivity index (χ3n) is 5.09. The van der Waals surface area contributed by atoms with Crippen molar-refractivity contribution in [3.8, 4) is 28.1 Å². The average molecular weight is 556 g/mol. The number of aryl methyl sites for hydroxylation is 1. The van der Waals surface area contributed by atoms with Gasteiger partial charge in [-0.1, -0.05) is 40.6 Å². The van der Waals surface area contributed by atoms with Crippen LogP contribution in [0.1, 0.15) is 27.2 Å². The smallest absolute Gasteiger partial charge is 0.193 e. The molecule has 160 valence electrons. The molecule has 0 radical (unpaired) electrons. The van der Waals surface area contributed by atoms with Gasteiger partial charge in [0, 0.05) is 32.7 Å². The topological polar surface area (TPSA) is 101 Å². The molecule has 0 N–H and O–H groups in total. The van der Waals surface area contributed by atoms with Crippen LogP contribution in [-0.2, 0) is 6.54 Å². The van der Waals surface area contributed by atoms with Gasteiger partial charge in [0.25, 0.3) is 0 Å². The largest absolute Gasteiger partial charge is 0.494 e. The second-order valence-corrected chi connectivity index (χ2v) is 8.72. The van der Waals surface area contributed by atoms with Crippen LogP contribution in [0.4, 0.5) is 0 Å². The van der Waals surface area contributed by atoms with Gasteiger partial charge in [0.05, 0.1) is 22.6 Å². The number of hydrogen-bond acceptors (Lipinski definition) is 5. The highest BCUT2D eigenvalue weighted by atomic mass is 79.9. The molecular formula is C23H16Br2N4O3. The summed E-state index contributed by atoms with van der Waals surface area (Å²) in [6.07, 6.45) is 0. The average Bonchev–Trinajstić information content (AvgIpc) is 3.23. The van der Waals surface area contributed by atoms with Gasteiger partial charge in [0.2, 0.25) is 0 Å². The molecule has 2 aliphatic rings. The number of benzene rings is 2. The van der Waals surface area contributed by atoms with Gasteiger partial charge in [-0.3, -0.25) is 4.79 Å². The predicted octanol–water partition coefficient (Wildman–Crippen LogP) is 7.33. The molecule has 32 heavy (non-hydrogen) atoms. The first kappa shape index (κ1) is 22.1. The highest BCUT2D eigenvalue weighted by molar-refractivity contribution is 9.11. The number of azide groups is 1. The number of ether oxygens (including phenoxy) is 1. The number of aromatic nitrogens is 1.